The highest BCUT2D eigenvalue weighted by molar-refractivity contribution is 6.41. The molecule has 0 aromatic carbocycles. The number of hydrogen-bond acceptors (Lipinski definition) is 6. The maximum atomic E-state index is 13.1. The molecule has 2 rings (SSSR count). The maximum absolute atomic E-state index is 13.1. The second-order valence-electron chi connectivity index (χ2n) is 8.23. The number of rotatable bonds is 10. The van der Waals surface area contributed by atoms with Crippen LogP contribution in [0.3, 0.4) is 0 Å². The van der Waals surface area contributed by atoms with Gasteiger partial charge in [0.1, 0.15) is 23.4 Å². The van der Waals surface area contributed by atoms with Gasteiger partial charge in [-0.05, 0) is 38.0 Å². The number of carboxylic acid groups (broad SMARTS) is 1. The summed E-state index contributed by atoms with van der Waals surface area (Å²) < 4.78 is 39.2. The average Bonchev–Trinajstić information content (AvgIpc) is 2.81. The lowest BCUT2D eigenvalue weighted by Crippen LogP contribution is -2.46. The molecule has 1 atom stereocenters. The highest BCUT2D eigenvalue weighted by Crippen LogP contribution is 2.33. The molecule has 0 spiro atoms. The van der Waals surface area contributed by atoms with Gasteiger partial charge in [0.15, 0.2) is 0 Å². The number of nitrogens with zero attached hydrogens (tertiary/aromatic N) is 2. The van der Waals surface area contributed by atoms with Crippen LogP contribution in [0, 0.1) is 5.41 Å². The molecular formula is C25H32Cl2F3N5O2. The molecule has 0 aromatic heterocycles. The van der Waals surface area contributed by atoms with Gasteiger partial charge < -0.3 is 21.1 Å². The van der Waals surface area contributed by atoms with Crippen molar-refractivity contribution < 1.29 is 23.1 Å². The summed E-state index contributed by atoms with van der Waals surface area (Å²) in [4.78, 5) is 16.0. The molecule has 0 fully saturated rings. The van der Waals surface area contributed by atoms with E-state index in [1.807, 2.05) is 0 Å². The molecule has 5 N–H and O–H groups in total. The minimum atomic E-state index is -4.59. The smallest absolute Gasteiger partial charge is 0.407 e. The fraction of sp³-hybridized carbons (Fsp3) is 0.400. The van der Waals surface area contributed by atoms with Gasteiger partial charge in [-0.25, -0.2) is 9.79 Å². The molecular weight excluding hydrogens is 530 g/mol. The van der Waals surface area contributed by atoms with Crippen molar-refractivity contribution in [3.63, 3.8) is 0 Å². The number of carboxylic acids is 1. The van der Waals surface area contributed by atoms with Gasteiger partial charge in [-0.2, -0.15) is 13.2 Å². The molecule has 0 aliphatic carbocycles. The van der Waals surface area contributed by atoms with Crippen molar-refractivity contribution in [3.05, 3.63) is 69.8 Å². The molecule has 0 bridgehead atoms. The normalized spacial score (nSPS) is 16.9. The van der Waals surface area contributed by atoms with E-state index in [-0.39, 0.29) is 16.4 Å². The van der Waals surface area contributed by atoms with Gasteiger partial charge in [0, 0.05) is 35.1 Å². The monoisotopic (exact) mass is 561 g/mol. The van der Waals surface area contributed by atoms with Gasteiger partial charge in [0.05, 0.1) is 5.03 Å². The largest absolute Gasteiger partial charge is 0.477 e. The summed E-state index contributed by atoms with van der Waals surface area (Å²) in [5.41, 5.74) is 5.64. The summed E-state index contributed by atoms with van der Waals surface area (Å²) in [6.45, 7) is 9.92. The summed E-state index contributed by atoms with van der Waals surface area (Å²) >= 11 is 11.5. The average molecular weight is 562 g/mol. The number of aliphatic imine (C=N–C) groups is 1. The quantitative estimate of drug-likeness (QED) is 0.141. The summed E-state index contributed by atoms with van der Waals surface area (Å²) in [5, 5.41) is 19.3. The third-order valence-corrected chi connectivity index (χ3v) is 5.40. The number of amidine groups is 1. The predicted molar refractivity (Wildman–Crippen MR) is 143 cm³/mol. The summed E-state index contributed by atoms with van der Waals surface area (Å²) in [6, 6.07) is -2.17. The minimum Gasteiger partial charge on any atom is -0.477 e. The Morgan fingerprint density at radius 2 is 1.95 bits per heavy atom. The van der Waals surface area contributed by atoms with E-state index >= 15 is 0 Å². The van der Waals surface area contributed by atoms with Crippen molar-refractivity contribution in [2.75, 3.05) is 6.54 Å². The molecule has 0 saturated carbocycles. The van der Waals surface area contributed by atoms with Crippen molar-refractivity contribution in [1.82, 2.24) is 10.2 Å². The van der Waals surface area contributed by atoms with Gasteiger partial charge in [-0.15, -0.1) is 0 Å². The van der Waals surface area contributed by atoms with Gasteiger partial charge in [-0.3, -0.25) is 5.41 Å². The Hall–Kier alpha value is -2.82. The fourth-order valence-electron chi connectivity index (χ4n) is 3.04. The molecule has 2 aliphatic heterocycles. The number of halogens is 5. The summed E-state index contributed by atoms with van der Waals surface area (Å²) in [6.07, 6.45) is 7.13. The number of allylic oxidation sites excluding steroid dienone is 6. The maximum Gasteiger partial charge on any atom is 0.407 e. The summed E-state index contributed by atoms with van der Waals surface area (Å²) in [5.74, 6) is -0.665. The lowest BCUT2D eigenvalue weighted by Gasteiger charge is -2.33. The Balaban J connectivity index is 0.000000482. The second-order valence-corrected chi connectivity index (χ2v) is 9.26. The Kier molecular flexibility index (Phi) is 12.9. The molecule has 2 aliphatic rings. The van der Waals surface area contributed by atoms with Crippen LogP contribution in [0.2, 0.25) is 0 Å². The van der Waals surface area contributed by atoms with E-state index in [1.54, 1.807) is 26.0 Å². The van der Waals surface area contributed by atoms with Gasteiger partial charge in [0.2, 0.25) is 0 Å². The van der Waals surface area contributed by atoms with Crippen LogP contribution in [-0.2, 0) is 4.79 Å². The molecule has 0 aromatic rings. The number of fused-ring (bicyclic) bond motifs is 1. The zero-order chi connectivity index (χ0) is 28.3. The van der Waals surface area contributed by atoms with E-state index < -0.39 is 23.9 Å². The topological polar surface area (TPSA) is 115 Å². The number of hydrogen-bond donors (Lipinski definition) is 4. The Labute approximate surface area is 225 Å². The van der Waals surface area contributed by atoms with Crippen LogP contribution in [0.4, 0.5) is 13.2 Å². The summed E-state index contributed by atoms with van der Waals surface area (Å²) in [7, 11) is 0. The van der Waals surface area contributed by atoms with Crippen molar-refractivity contribution in [2.45, 2.75) is 58.7 Å². The Morgan fingerprint density at radius 1 is 1.30 bits per heavy atom. The number of nitrogens with one attached hydrogen (secondary N) is 2. The van der Waals surface area contributed by atoms with E-state index in [9.17, 15) is 18.0 Å². The molecule has 204 valence electrons. The molecule has 2 heterocycles. The van der Waals surface area contributed by atoms with Gasteiger partial charge in [-0.1, -0.05) is 62.0 Å². The number of carbonyl (C=O) groups is 1. The van der Waals surface area contributed by atoms with Crippen molar-refractivity contribution in [3.8, 4) is 0 Å². The van der Waals surface area contributed by atoms with Crippen molar-refractivity contribution >= 4 is 40.7 Å². The molecule has 37 heavy (non-hydrogen) atoms. The number of nitrogens with two attached hydrogens (primary N) is 1. The number of aliphatic carboxylic acids is 1. The third kappa shape index (κ3) is 10.6. The van der Waals surface area contributed by atoms with Crippen molar-refractivity contribution in [1.29, 1.82) is 5.41 Å². The van der Waals surface area contributed by atoms with E-state index in [4.69, 9.17) is 39.5 Å². The van der Waals surface area contributed by atoms with E-state index in [2.05, 4.69) is 23.8 Å². The first kappa shape index (κ1) is 32.2. The zero-order valence-corrected chi connectivity index (χ0v) is 22.4. The van der Waals surface area contributed by atoms with Crippen LogP contribution >= 0.6 is 23.2 Å². The first-order valence-corrected chi connectivity index (χ1v) is 12.2. The Bertz CT molecular complexity index is 1070. The van der Waals surface area contributed by atoms with E-state index in [0.29, 0.717) is 28.7 Å². The molecule has 0 saturated heterocycles. The van der Waals surface area contributed by atoms with Crippen molar-refractivity contribution in [2.24, 2.45) is 10.7 Å². The Morgan fingerprint density at radius 3 is 2.49 bits per heavy atom. The van der Waals surface area contributed by atoms with E-state index in [0.717, 1.165) is 25.7 Å². The fourth-order valence-corrected chi connectivity index (χ4v) is 3.32. The lowest BCUT2D eigenvalue weighted by atomic mass is 10.0. The van der Waals surface area contributed by atoms with Crippen LogP contribution in [0.25, 0.3) is 0 Å². The third-order valence-electron chi connectivity index (χ3n) is 5.07. The van der Waals surface area contributed by atoms with Crippen LogP contribution < -0.4 is 11.1 Å². The lowest BCUT2D eigenvalue weighted by molar-refractivity contribution is -0.138. The highest BCUT2D eigenvalue weighted by atomic mass is 35.5. The predicted octanol–water partition coefficient (Wildman–Crippen LogP) is 6.31. The first-order valence-electron chi connectivity index (χ1n) is 11.5. The molecule has 7 nitrogen and oxygen atoms in total. The van der Waals surface area contributed by atoms with Gasteiger partial charge >= 0.3 is 12.1 Å². The molecule has 12 heteroatoms. The second kappa shape index (κ2) is 14.8. The molecule has 0 radical (unpaired) electrons. The van der Waals surface area contributed by atoms with Crippen LogP contribution in [0.1, 0.15) is 46.5 Å². The highest BCUT2D eigenvalue weighted by Gasteiger charge is 2.43. The first-order chi connectivity index (χ1) is 17.2. The molecule has 0 amide bonds. The minimum absolute atomic E-state index is 0.0952. The van der Waals surface area contributed by atoms with Gasteiger partial charge in [0.25, 0.3) is 0 Å². The SMILES string of the molecule is C/C(=C/C=C(\C)Cl)C(=N)C(=O)O.C=C1C=C(NCCCCCC)N=C2C(C(N)C(F)(F)F)=CC(Cl)=CN12. The number of alkyl halides is 3. The zero-order valence-electron chi connectivity index (χ0n) is 20.9. The van der Waals surface area contributed by atoms with Crippen LogP contribution in [0.5, 0.6) is 0 Å². The number of unbranched alkanes of at least 4 members (excludes halogenated alkanes) is 3. The standard InChI is InChI=1S/C17H22ClF3N4.C8H10ClNO2/c1-3-4-5-6-7-23-14-8-11(2)25-10-12(18)9-13(16(25)24-14)15(22)17(19,20)21;1-5(3-4-6(2)9)7(10)8(11)12/h8-10,15,23H,2-7,22H2,1H3;3-4,10H,1-2H3,(H,11,12)/b;5-3-,6-4+,10-7?. The molecule has 1 unspecified atom stereocenters. The van der Waals surface area contributed by atoms with Crippen LogP contribution in [0.15, 0.2) is 74.8 Å². The van der Waals surface area contributed by atoms with E-state index in [1.165, 1.54) is 23.3 Å². The van der Waals surface area contributed by atoms with Crippen LogP contribution in [-0.4, -0.2) is 46.3 Å².